The number of amides is 1. The number of hydrogen-bond acceptors (Lipinski definition) is 4. The average molecular weight is 388 g/mol. The number of nitrogens with two attached hydrogens (primary N) is 1. The van der Waals surface area contributed by atoms with E-state index in [4.69, 9.17) is 5.73 Å². The maximum absolute atomic E-state index is 12.6. The van der Waals surface area contributed by atoms with Crippen molar-refractivity contribution in [3.63, 3.8) is 0 Å². The summed E-state index contributed by atoms with van der Waals surface area (Å²) in [6.07, 6.45) is 5.71. The van der Waals surface area contributed by atoms with E-state index < -0.39 is 15.6 Å². The minimum Gasteiger partial charge on any atom is -0.324 e. The summed E-state index contributed by atoms with van der Waals surface area (Å²) in [5, 5.41) is 0. The lowest BCUT2D eigenvalue weighted by Gasteiger charge is -2.33. The zero-order valence-electron chi connectivity index (χ0n) is 14.5. The molecular weight excluding hydrogens is 362 g/mol. The second kappa shape index (κ2) is 7.61. The summed E-state index contributed by atoms with van der Waals surface area (Å²) in [5.74, 6) is -0.0700. The molecule has 1 saturated carbocycles. The number of rotatable bonds is 4. The predicted molar refractivity (Wildman–Crippen MR) is 101 cm³/mol. The van der Waals surface area contributed by atoms with Gasteiger partial charge in [0.1, 0.15) is 0 Å². The molecule has 0 spiro atoms. The molecule has 1 fully saturated rings. The highest BCUT2D eigenvalue weighted by Gasteiger charge is 2.30. The highest BCUT2D eigenvalue weighted by atomic mass is 35.5. The van der Waals surface area contributed by atoms with Gasteiger partial charge in [0, 0.05) is 31.2 Å². The minimum absolute atomic E-state index is 0. The number of benzene rings is 1. The Balaban J connectivity index is 0.00000225. The molecule has 0 unspecified atom stereocenters. The van der Waals surface area contributed by atoms with E-state index >= 15 is 0 Å². The van der Waals surface area contributed by atoms with Gasteiger partial charge in [-0.25, -0.2) is 13.1 Å². The normalized spacial score (nSPS) is 19.2. The number of hydrogen-bond donors (Lipinski definition) is 2. The van der Waals surface area contributed by atoms with Gasteiger partial charge in [0.2, 0.25) is 15.9 Å². The molecule has 1 amide bonds. The molecule has 0 saturated heterocycles. The molecule has 1 aromatic rings. The van der Waals surface area contributed by atoms with Crippen LogP contribution in [0.4, 0.5) is 5.69 Å². The third-order valence-corrected chi connectivity index (χ3v) is 6.51. The first-order valence-corrected chi connectivity index (χ1v) is 9.99. The first kappa shape index (κ1) is 20.2. The number of anilines is 1. The molecule has 1 aliphatic heterocycles. The van der Waals surface area contributed by atoms with Crippen LogP contribution < -0.4 is 15.4 Å². The fourth-order valence-corrected chi connectivity index (χ4v) is 4.77. The highest BCUT2D eigenvalue weighted by Crippen LogP contribution is 2.31. The number of sulfonamides is 1. The van der Waals surface area contributed by atoms with Crippen molar-refractivity contribution >= 4 is 34.0 Å². The molecule has 2 aliphatic rings. The topological polar surface area (TPSA) is 92.5 Å². The van der Waals surface area contributed by atoms with Gasteiger partial charge in [-0.05, 0) is 37.0 Å². The fourth-order valence-electron chi connectivity index (χ4n) is 3.61. The second-order valence-electron chi connectivity index (χ2n) is 6.96. The molecule has 0 radical (unpaired) electrons. The lowest BCUT2D eigenvalue weighted by Crippen LogP contribution is -2.51. The van der Waals surface area contributed by atoms with Crippen LogP contribution in [-0.4, -0.2) is 33.0 Å². The summed E-state index contributed by atoms with van der Waals surface area (Å²) in [7, 11) is -3.64. The Kier molecular flexibility index (Phi) is 6.14. The van der Waals surface area contributed by atoms with Crippen molar-refractivity contribution < 1.29 is 13.2 Å². The van der Waals surface area contributed by atoms with Gasteiger partial charge in [0.15, 0.2) is 0 Å². The molecule has 1 heterocycles. The van der Waals surface area contributed by atoms with Crippen LogP contribution in [0.15, 0.2) is 23.1 Å². The zero-order valence-corrected chi connectivity index (χ0v) is 16.1. The molecule has 3 N–H and O–H groups in total. The monoisotopic (exact) mass is 387 g/mol. The van der Waals surface area contributed by atoms with Gasteiger partial charge in [0.05, 0.1) is 4.90 Å². The Morgan fingerprint density at radius 1 is 1.28 bits per heavy atom. The molecule has 25 heavy (non-hydrogen) atoms. The van der Waals surface area contributed by atoms with Crippen molar-refractivity contribution in [3.05, 3.63) is 23.8 Å². The largest absolute Gasteiger partial charge is 0.324 e. The van der Waals surface area contributed by atoms with E-state index in [-0.39, 0.29) is 29.8 Å². The van der Waals surface area contributed by atoms with Gasteiger partial charge in [-0.2, -0.15) is 0 Å². The van der Waals surface area contributed by atoms with E-state index in [1.165, 1.54) is 6.92 Å². The molecule has 3 rings (SSSR count). The summed E-state index contributed by atoms with van der Waals surface area (Å²) < 4.78 is 27.9. The third-order valence-electron chi connectivity index (χ3n) is 5.11. The van der Waals surface area contributed by atoms with Crippen molar-refractivity contribution in [3.8, 4) is 0 Å². The molecule has 1 aliphatic carbocycles. The highest BCUT2D eigenvalue weighted by molar-refractivity contribution is 7.89. The summed E-state index contributed by atoms with van der Waals surface area (Å²) in [6, 6.07) is 5.00. The number of nitrogens with one attached hydrogen (secondary N) is 1. The number of carbonyl (C=O) groups is 1. The lowest BCUT2D eigenvalue weighted by atomic mass is 9.83. The van der Waals surface area contributed by atoms with Crippen LogP contribution in [0.25, 0.3) is 0 Å². The Labute approximate surface area is 155 Å². The molecule has 0 bridgehead atoms. The SMILES string of the molecule is CC(=O)N1CCc2ccc(S(=O)(=O)NCC3(N)CCCCC3)cc21.Cl. The van der Waals surface area contributed by atoms with Crippen LogP contribution in [0.2, 0.25) is 0 Å². The zero-order chi connectivity index (χ0) is 17.4. The molecular formula is C17H26ClN3O3S. The first-order valence-electron chi connectivity index (χ1n) is 8.50. The van der Waals surface area contributed by atoms with Gasteiger partial charge in [-0.15, -0.1) is 12.4 Å². The van der Waals surface area contributed by atoms with Crippen molar-refractivity contribution in [2.24, 2.45) is 5.73 Å². The van der Waals surface area contributed by atoms with E-state index in [0.717, 1.165) is 44.1 Å². The average Bonchev–Trinajstić information content (AvgIpc) is 2.97. The Morgan fingerprint density at radius 2 is 1.96 bits per heavy atom. The second-order valence-corrected chi connectivity index (χ2v) is 8.73. The molecule has 140 valence electrons. The van der Waals surface area contributed by atoms with Crippen LogP contribution >= 0.6 is 12.4 Å². The van der Waals surface area contributed by atoms with Crippen molar-refractivity contribution in [1.29, 1.82) is 0 Å². The van der Waals surface area contributed by atoms with Crippen molar-refractivity contribution in [2.45, 2.75) is 55.9 Å². The number of fused-ring (bicyclic) bond motifs is 1. The van der Waals surface area contributed by atoms with Crippen LogP contribution in [0, 0.1) is 0 Å². The van der Waals surface area contributed by atoms with E-state index in [9.17, 15) is 13.2 Å². The standard InChI is InChI=1S/C17H25N3O3S.ClH/c1-13(21)20-10-7-14-5-6-15(11-16(14)20)24(22,23)19-12-17(18)8-3-2-4-9-17;/h5-6,11,19H,2-4,7-10,12,18H2,1H3;1H. The van der Waals surface area contributed by atoms with Crippen molar-refractivity contribution in [2.75, 3.05) is 18.0 Å². The predicted octanol–water partition coefficient (Wildman–Crippen LogP) is 1.96. The Morgan fingerprint density at radius 3 is 2.60 bits per heavy atom. The van der Waals surface area contributed by atoms with Crippen LogP contribution in [0.5, 0.6) is 0 Å². The molecule has 6 nitrogen and oxygen atoms in total. The van der Waals surface area contributed by atoms with Crippen LogP contribution in [0.1, 0.15) is 44.6 Å². The Hall–Kier alpha value is -1.15. The van der Waals surface area contributed by atoms with Gasteiger partial charge in [-0.1, -0.05) is 25.3 Å². The summed E-state index contributed by atoms with van der Waals surface area (Å²) in [6.45, 7) is 2.35. The van der Waals surface area contributed by atoms with E-state index in [1.807, 2.05) is 0 Å². The quantitative estimate of drug-likeness (QED) is 0.825. The number of carbonyl (C=O) groups excluding carboxylic acids is 1. The van der Waals surface area contributed by atoms with Crippen LogP contribution in [-0.2, 0) is 21.2 Å². The van der Waals surface area contributed by atoms with Gasteiger partial charge >= 0.3 is 0 Å². The summed E-state index contributed by atoms with van der Waals surface area (Å²) in [4.78, 5) is 13.5. The lowest BCUT2D eigenvalue weighted by molar-refractivity contribution is -0.116. The molecule has 8 heteroatoms. The minimum atomic E-state index is -3.64. The summed E-state index contributed by atoms with van der Waals surface area (Å²) >= 11 is 0. The molecule has 0 aromatic heterocycles. The maximum atomic E-state index is 12.6. The number of nitrogens with zero attached hydrogens (tertiary/aromatic N) is 1. The first-order chi connectivity index (χ1) is 11.3. The smallest absolute Gasteiger partial charge is 0.240 e. The van der Waals surface area contributed by atoms with Gasteiger partial charge in [-0.3, -0.25) is 4.79 Å². The van der Waals surface area contributed by atoms with Crippen LogP contribution in [0.3, 0.4) is 0 Å². The van der Waals surface area contributed by atoms with Gasteiger partial charge < -0.3 is 10.6 Å². The number of halogens is 1. The summed E-state index contributed by atoms with van der Waals surface area (Å²) in [5.41, 5.74) is 7.57. The van der Waals surface area contributed by atoms with Crippen molar-refractivity contribution in [1.82, 2.24) is 4.72 Å². The molecule has 0 atom stereocenters. The Bertz CT molecular complexity index is 746. The van der Waals surface area contributed by atoms with E-state index in [1.54, 1.807) is 23.1 Å². The van der Waals surface area contributed by atoms with E-state index in [0.29, 0.717) is 12.2 Å². The fraction of sp³-hybridized carbons (Fsp3) is 0.588. The maximum Gasteiger partial charge on any atom is 0.240 e. The molecule has 1 aromatic carbocycles. The third kappa shape index (κ3) is 4.34. The van der Waals surface area contributed by atoms with Gasteiger partial charge in [0.25, 0.3) is 0 Å². The van der Waals surface area contributed by atoms with E-state index in [2.05, 4.69) is 4.72 Å².